The van der Waals surface area contributed by atoms with Gasteiger partial charge in [-0.15, -0.1) is 0 Å². The Morgan fingerprint density at radius 3 is 2.50 bits per heavy atom. The molecule has 8 heteroatoms. The first-order chi connectivity index (χ1) is 12.3. The Bertz CT molecular complexity index is 584. The maximum atomic E-state index is 12.1. The van der Waals surface area contributed by atoms with E-state index < -0.39 is 12.8 Å². The molecule has 1 aromatic rings. The lowest BCUT2D eigenvalue weighted by atomic mass is 10.1. The fraction of sp³-hybridized carbons (Fsp3) is 0.611. The highest BCUT2D eigenvalue weighted by Crippen LogP contribution is 2.36. The van der Waals surface area contributed by atoms with Crippen LogP contribution < -0.4 is 10.6 Å². The number of alkyl halides is 3. The van der Waals surface area contributed by atoms with Gasteiger partial charge in [0.05, 0.1) is 6.61 Å². The average molecular weight is 389 g/mol. The van der Waals surface area contributed by atoms with Crippen molar-refractivity contribution in [1.82, 2.24) is 10.6 Å². The summed E-state index contributed by atoms with van der Waals surface area (Å²) >= 11 is 1.99. The van der Waals surface area contributed by atoms with Gasteiger partial charge in [0.2, 0.25) is 0 Å². The molecule has 1 fully saturated rings. The lowest BCUT2D eigenvalue weighted by Crippen LogP contribution is -2.43. The molecule has 0 saturated carbocycles. The molecule has 1 unspecified atom stereocenters. The second kappa shape index (κ2) is 9.50. The van der Waals surface area contributed by atoms with Gasteiger partial charge in [0, 0.05) is 24.9 Å². The van der Waals surface area contributed by atoms with Crippen LogP contribution in [0, 0.1) is 0 Å². The molecule has 0 spiro atoms. The summed E-state index contributed by atoms with van der Waals surface area (Å²) in [6.45, 7) is 2.45. The third kappa shape index (κ3) is 7.45. The standard InChI is InChI=1S/C18H26F3N3OS/c1-17(8-3-9-26-17)12-24-16(22-2)23-10-14-4-6-15(7-5-14)11-25-13-18(19,20)21/h4-7H,3,8-13H2,1-2H3,(H2,22,23,24). The highest BCUT2D eigenvalue weighted by atomic mass is 32.2. The molecule has 1 aliphatic rings. The minimum Gasteiger partial charge on any atom is -0.367 e. The number of benzene rings is 1. The number of guanidine groups is 1. The smallest absolute Gasteiger partial charge is 0.367 e. The molecule has 1 heterocycles. The van der Waals surface area contributed by atoms with Crippen LogP contribution in [0.3, 0.4) is 0 Å². The average Bonchev–Trinajstić information content (AvgIpc) is 3.02. The fourth-order valence-corrected chi connectivity index (χ4v) is 3.94. The number of aliphatic imine (C=N–C) groups is 1. The van der Waals surface area contributed by atoms with Crippen molar-refractivity contribution in [3.8, 4) is 0 Å². The van der Waals surface area contributed by atoms with Crippen molar-refractivity contribution >= 4 is 17.7 Å². The number of ether oxygens (including phenoxy) is 1. The third-order valence-electron chi connectivity index (χ3n) is 4.17. The minimum atomic E-state index is -4.29. The van der Waals surface area contributed by atoms with Gasteiger partial charge in [-0.2, -0.15) is 24.9 Å². The minimum absolute atomic E-state index is 0.0489. The van der Waals surface area contributed by atoms with Gasteiger partial charge < -0.3 is 15.4 Å². The molecule has 0 bridgehead atoms. The van der Waals surface area contributed by atoms with Crippen molar-refractivity contribution < 1.29 is 17.9 Å². The highest BCUT2D eigenvalue weighted by molar-refractivity contribution is 8.00. The Morgan fingerprint density at radius 2 is 1.92 bits per heavy atom. The second-order valence-electron chi connectivity index (χ2n) is 6.61. The van der Waals surface area contributed by atoms with Crippen molar-refractivity contribution in [2.75, 3.05) is 26.0 Å². The van der Waals surface area contributed by atoms with Crippen LogP contribution in [0.1, 0.15) is 30.9 Å². The normalized spacial score (nSPS) is 21.0. The van der Waals surface area contributed by atoms with Crippen LogP contribution >= 0.6 is 11.8 Å². The Morgan fingerprint density at radius 1 is 1.23 bits per heavy atom. The van der Waals surface area contributed by atoms with Crippen LogP contribution in [0.4, 0.5) is 13.2 Å². The van der Waals surface area contributed by atoms with Gasteiger partial charge in [-0.1, -0.05) is 24.3 Å². The van der Waals surface area contributed by atoms with Crippen LogP contribution in [-0.4, -0.2) is 42.8 Å². The molecule has 4 nitrogen and oxygen atoms in total. The first-order valence-electron chi connectivity index (χ1n) is 8.60. The number of nitrogens with one attached hydrogen (secondary N) is 2. The van der Waals surface area contributed by atoms with E-state index in [0.29, 0.717) is 12.1 Å². The SMILES string of the molecule is CN=C(NCc1ccc(COCC(F)(F)F)cc1)NCC1(C)CCCS1. The highest BCUT2D eigenvalue weighted by Gasteiger charge is 2.29. The van der Waals surface area contributed by atoms with Gasteiger partial charge in [0.25, 0.3) is 0 Å². The fourth-order valence-electron chi connectivity index (χ4n) is 2.69. The lowest BCUT2D eigenvalue weighted by molar-refractivity contribution is -0.176. The molecule has 2 N–H and O–H groups in total. The number of hydrogen-bond donors (Lipinski definition) is 2. The number of nitrogens with zero attached hydrogens (tertiary/aromatic N) is 1. The lowest BCUT2D eigenvalue weighted by Gasteiger charge is -2.24. The van der Waals surface area contributed by atoms with E-state index in [4.69, 9.17) is 0 Å². The van der Waals surface area contributed by atoms with Crippen molar-refractivity contribution in [3.05, 3.63) is 35.4 Å². The molecule has 1 aromatic carbocycles. The maximum absolute atomic E-state index is 12.1. The van der Waals surface area contributed by atoms with E-state index in [1.54, 1.807) is 19.2 Å². The van der Waals surface area contributed by atoms with Gasteiger partial charge in [-0.3, -0.25) is 4.99 Å². The topological polar surface area (TPSA) is 45.7 Å². The van der Waals surface area contributed by atoms with Crippen LogP contribution in [0.15, 0.2) is 29.3 Å². The predicted octanol–water partition coefficient (Wildman–Crippen LogP) is 3.72. The zero-order chi connectivity index (χ0) is 19.0. The van der Waals surface area contributed by atoms with Gasteiger partial charge in [0.15, 0.2) is 5.96 Å². The predicted molar refractivity (Wildman–Crippen MR) is 100 cm³/mol. The molecule has 2 rings (SSSR count). The summed E-state index contributed by atoms with van der Waals surface area (Å²) in [5.41, 5.74) is 1.74. The van der Waals surface area contributed by atoms with E-state index in [1.807, 2.05) is 23.9 Å². The van der Waals surface area contributed by atoms with Crippen molar-refractivity contribution in [2.45, 2.75) is 43.8 Å². The summed E-state index contributed by atoms with van der Waals surface area (Å²) in [5, 5.41) is 6.63. The summed E-state index contributed by atoms with van der Waals surface area (Å²) in [4.78, 5) is 4.23. The van der Waals surface area contributed by atoms with E-state index >= 15 is 0 Å². The monoisotopic (exact) mass is 389 g/mol. The zero-order valence-corrected chi connectivity index (χ0v) is 16.0. The van der Waals surface area contributed by atoms with Crippen LogP contribution in [-0.2, 0) is 17.9 Å². The number of thioether (sulfide) groups is 1. The second-order valence-corrected chi connectivity index (χ2v) is 8.29. The van der Waals surface area contributed by atoms with E-state index in [9.17, 15) is 13.2 Å². The molecule has 0 radical (unpaired) electrons. The number of halogens is 3. The Balaban J connectivity index is 1.73. The molecule has 0 amide bonds. The first kappa shape index (κ1) is 20.9. The summed E-state index contributed by atoms with van der Waals surface area (Å²) < 4.78 is 41.1. The summed E-state index contributed by atoms with van der Waals surface area (Å²) in [6, 6.07) is 7.31. The number of rotatable bonds is 7. The first-order valence-corrected chi connectivity index (χ1v) is 9.59. The molecule has 0 aromatic heterocycles. The maximum Gasteiger partial charge on any atom is 0.411 e. The van der Waals surface area contributed by atoms with Crippen molar-refractivity contribution in [1.29, 1.82) is 0 Å². The van der Waals surface area contributed by atoms with E-state index in [-0.39, 0.29) is 11.4 Å². The van der Waals surface area contributed by atoms with Crippen molar-refractivity contribution in [2.24, 2.45) is 4.99 Å². The van der Waals surface area contributed by atoms with Crippen molar-refractivity contribution in [3.63, 3.8) is 0 Å². The Hall–Kier alpha value is -1.41. The summed E-state index contributed by atoms with van der Waals surface area (Å²) in [6.07, 6.45) is -1.83. The zero-order valence-electron chi connectivity index (χ0n) is 15.2. The van der Waals surface area contributed by atoms with Gasteiger partial charge >= 0.3 is 6.18 Å². The largest absolute Gasteiger partial charge is 0.411 e. The van der Waals surface area contributed by atoms with E-state index in [0.717, 1.165) is 18.1 Å². The Labute approximate surface area is 157 Å². The van der Waals surface area contributed by atoms with E-state index in [1.165, 1.54) is 18.6 Å². The molecule has 26 heavy (non-hydrogen) atoms. The quantitative estimate of drug-likeness (QED) is 0.551. The van der Waals surface area contributed by atoms with Crippen LogP contribution in [0.5, 0.6) is 0 Å². The third-order valence-corrected chi connectivity index (χ3v) is 5.71. The van der Waals surface area contributed by atoms with Gasteiger partial charge in [-0.25, -0.2) is 0 Å². The number of hydrogen-bond acceptors (Lipinski definition) is 3. The molecular formula is C18H26F3N3OS. The molecule has 1 saturated heterocycles. The van der Waals surface area contributed by atoms with Crippen LogP contribution in [0.2, 0.25) is 0 Å². The molecule has 146 valence electrons. The van der Waals surface area contributed by atoms with Gasteiger partial charge in [-0.05, 0) is 36.6 Å². The molecule has 1 aliphatic heterocycles. The Kier molecular flexibility index (Phi) is 7.64. The van der Waals surface area contributed by atoms with Crippen LogP contribution in [0.25, 0.3) is 0 Å². The van der Waals surface area contributed by atoms with E-state index in [2.05, 4.69) is 27.3 Å². The van der Waals surface area contributed by atoms with Gasteiger partial charge in [0.1, 0.15) is 6.61 Å². The summed E-state index contributed by atoms with van der Waals surface area (Å²) in [5.74, 6) is 1.96. The molecule has 1 atom stereocenters. The molecular weight excluding hydrogens is 363 g/mol. The summed E-state index contributed by atoms with van der Waals surface area (Å²) in [7, 11) is 1.74. The molecule has 0 aliphatic carbocycles.